The van der Waals surface area contributed by atoms with E-state index in [1.165, 1.54) is 0 Å². The fourth-order valence-corrected chi connectivity index (χ4v) is 7.46. The number of anilines is 1. The van der Waals surface area contributed by atoms with Crippen molar-refractivity contribution < 1.29 is 14.3 Å². The summed E-state index contributed by atoms with van der Waals surface area (Å²) in [5.74, 6) is 2.00. The average molecular weight is 675 g/mol. The van der Waals surface area contributed by atoms with Crippen molar-refractivity contribution in [1.82, 2.24) is 29.2 Å². The number of hydrogen-bond acceptors (Lipinski definition) is 7. The lowest BCUT2D eigenvalue weighted by Crippen LogP contribution is -2.57. The number of imidazole rings is 1. The number of benzene rings is 1. The first-order valence-electron chi connectivity index (χ1n) is 15.0. The molecular formula is C31H41BrClN7O3. The van der Waals surface area contributed by atoms with Gasteiger partial charge in [0, 0.05) is 63.9 Å². The van der Waals surface area contributed by atoms with Crippen LogP contribution in [0.1, 0.15) is 51.0 Å². The number of halogens is 2. The molecule has 3 saturated heterocycles. The fraction of sp³-hybridized carbons (Fsp3) is 0.613. The molecule has 2 bridgehead atoms. The predicted octanol–water partition coefficient (Wildman–Crippen LogP) is 5.26. The molecule has 5 heterocycles. The minimum absolute atomic E-state index is 0.00816. The molecule has 43 heavy (non-hydrogen) atoms. The normalized spacial score (nSPS) is 22.0. The molecule has 3 aromatic rings. The van der Waals surface area contributed by atoms with Crippen molar-refractivity contribution >= 4 is 67.3 Å². The predicted molar refractivity (Wildman–Crippen MR) is 173 cm³/mol. The second kappa shape index (κ2) is 10.8. The summed E-state index contributed by atoms with van der Waals surface area (Å²) in [6, 6.07) is 2.55. The van der Waals surface area contributed by atoms with Gasteiger partial charge in [-0.25, -0.2) is 14.8 Å². The maximum Gasteiger partial charge on any atom is 0.410 e. The molecule has 0 N–H and O–H groups in total. The molecule has 4 aliphatic rings. The van der Waals surface area contributed by atoms with Crippen molar-refractivity contribution in [2.45, 2.75) is 70.7 Å². The van der Waals surface area contributed by atoms with Gasteiger partial charge in [0.05, 0.1) is 32.6 Å². The highest BCUT2D eigenvalue weighted by molar-refractivity contribution is 9.10. The van der Waals surface area contributed by atoms with Crippen molar-refractivity contribution in [3.63, 3.8) is 0 Å². The number of ether oxygens (including phenoxy) is 1. The van der Waals surface area contributed by atoms with Gasteiger partial charge in [0.25, 0.3) is 0 Å². The molecule has 0 radical (unpaired) electrons. The lowest BCUT2D eigenvalue weighted by molar-refractivity contribution is -0.128. The molecule has 1 saturated carbocycles. The third-order valence-corrected chi connectivity index (χ3v) is 10.7. The van der Waals surface area contributed by atoms with Crippen molar-refractivity contribution in [3.8, 4) is 0 Å². The summed E-state index contributed by atoms with van der Waals surface area (Å²) >= 11 is 10.5. The van der Waals surface area contributed by atoms with Crippen LogP contribution in [0.3, 0.4) is 0 Å². The van der Waals surface area contributed by atoms with E-state index < -0.39 is 5.60 Å². The number of carbonyl (C=O) groups excluding carboxylic acids is 2. The van der Waals surface area contributed by atoms with Gasteiger partial charge >= 0.3 is 6.09 Å². The van der Waals surface area contributed by atoms with Gasteiger partial charge in [-0.2, -0.15) is 0 Å². The minimum Gasteiger partial charge on any atom is -0.444 e. The quantitative estimate of drug-likeness (QED) is 0.353. The van der Waals surface area contributed by atoms with Crippen LogP contribution in [0.25, 0.3) is 21.9 Å². The topological polar surface area (TPSA) is 87.0 Å². The number of aryl methyl sites for hydroxylation is 2. The Morgan fingerprint density at radius 1 is 1.12 bits per heavy atom. The standard InChI is InChI=1S/C31H41BrClN7O3/c1-16-11-19-25(23(32)24(16)33)35-29(38-14-18(15-38)36(5)6)26-28(19)40(21(34-26)9-10-22(41)37(7)8)27-17-12-20(27)39(13-17)30(42)43-31(2,3)4/h11,17-18,20,27H,9-10,12-15H2,1-8H3. The molecule has 7 rings (SSSR count). The van der Waals surface area contributed by atoms with E-state index >= 15 is 0 Å². The summed E-state index contributed by atoms with van der Waals surface area (Å²) in [7, 11) is 7.76. The van der Waals surface area contributed by atoms with Crippen LogP contribution in [-0.4, -0.2) is 107 Å². The van der Waals surface area contributed by atoms with E-state index in [4.69, 9.17) is 26.3 Å². The molecule has 0 spiro atoms. The third kappa shape index (κ3) is 5.15. The van der Waals surface area contributed by atoms with E-state index in [1.807, 2.05) is 32.6 Å². The van der Waals surface area contributed by atoms with E-state index in [2.05, 4.69) is 50.5 Å². The van der Waals surface area contributed by atoms with Crippen LogP contribution >= 0.6 is 27.5 Å². The zero-order chi connectivity index (χ0) is 31.1. The zero-order valence-corrected chi connectivity index (χ0v) is 28.6. The smallest absolute Gasteiger partial charge is 0.410 e. The maximum absolute atomic E-state index is 13.3. The summed E-state index contributed by atoms with van der Waals surface area (Å²) in [6.45, 7) is 10.0. The first-order chi connectivity index (χ1) is 20.2. The van der Waals surface area contributed by atoms with Gasteiger partial charge in [-0.05, 0) is 75.8 Å². The number of rotatable bonds is 6. The van der Waals surface area contributed by atoms with Gasteiger partial charge in [-0.1, -0.05) is 11.6 Å². The molecule has 3 atom stereocenters. The Labute approximate surface area is 266 Å². The molecule has 10 nitrogen and oxygen atoms in total. The average Bonchev–Trinajstić information content (AvgIpc) is 3.57. The molecule has 1 aromatic carbocycles. The second-order valence-corrected chi connectivity index (χ2v) is 14.9. The summed E-state index contributed by atoms with van der Waals surface area (Å²) in [5.41, 5.74) is 2.99. The Balaban J connectivity index is 1.54. The van der Waals surface area contributed by atoms with Gasteiger partial charge in [-0.3, -0.25) is 4.79 Å². The fourth-order valence-electron chi connectivity index (χ4n) is 6.70. The second-order valence-electron chi connectivity index (χ2n) is 13.7. The number of fused-ring (bicyclic) bond motifs is 4. The van der Waals surface area contributed by atoms with E-state index in [9.17, 15) is 9.59 Å². The highest BCUT2D eigenvalue weighted by Gasteiger charge is 2.56. The van der Waals surface area contributed by atoms with Crippen LogP contribution < -0.4 is 4.90 Å². The van der Waals surface area contributed by atoms with Crippen LogP contribution in [-0.2, 0) is 16.0 Å². The molecule has 2 amide bonds. The molecule has 232 valence electrons. The highest BCUT2D eigenvalue weighted by Crippen LogP contribution is 2.53. The summed E-state index contributed by atoms with van der Waals surface area (Å²) in [4.78, 5) is 44.5. The first kappa shape index (κ1) is 30.4. The van der Waals surface area contributed by atoms with Crippen LogP contribution in [0.2, 0.25) is 5.02 Å². The van der Waals surface area contributed by atoms with E-state index in [0.717, 1.165) is 63.1 Å². The summed E-state index contributed by atoms with van der Waals surface area (Å²) < 4.78 is 8.89. The van der Waals surface area contributed by atoms with E-state index in [-0.39, 0.29) is 30.0 Å². The number of nitrogens with zero attached hydrogens (tertiary/aromatic N) is 7. The molecular weight excluding hydrogens is 634 g/mol. The Morgan fingerprint density at radius 2 is 1.81 bits per heavy atom. The summed E-state index contributed by atoms with van der Waals surface area (Å²) in [5, 5.41) is 1.60. The largest absolute Gasteiger partial charge is 0.444 e. The number of likely N-dealkylation sites (N-methyl/N-ethyl adjacent to an activating group) is 1. The van der Waals surface area contributed by atoms with Gasteiger partial charge < -0.3 is 28.9 Å². The molecule has 4 fully saturated rings. The molecule has 2 aromatic heterocycles. The van der Waals surface area contributed by atoms with Gasteiger partial charge in [0.2, 0.25) is 5.91 Å². The van der Waals surface area contributed by atoms with Gasteiger partial charge in [0.15, 0.2) is 5.82 Å². The zero-order valence-electron chi connectivity index (χ0n) is 26.2. The van der Waals surface area contributed by atoms with Crippen LogP contribution in [0.5, 0.6) is 0 Å². The maximum atomic E-state index is 13.3. The number of pyridine rings is 1. The number of amides is 2. The number of aromatic nitrogens is 3. The Hall–Kier alpha value is -2.63. The molecule has 1 aliphatic carbocycles. The van der Waals surface area contributed by atoms with Crippen molar-refractivity contribution in [1.29, 1.82) is 0 Å². The molecule has 3 unspecified atom stereocenters. The van der Waals surface area contributed by atoms with Crippen molar-refractivity contribution in [2.24, 2.45) is 5.92 Å². The summed E-state index contributed by atoms with van der Waals surface area (Å²) in [6.07, 6.45) is 1.48. The minimum atomic E-state index is -0.569. The van der Waals surface area contributed by atoms with E-state index in [0.29, 0.717) is 30.5 Å². The Morgan fingerprint density at radius 3 is 2.44 bits per heavy atom. The van der Waals surface area contributed by atoms with Crippen LogP contribution in [0, 0.1) is 12.8 Å². The van der Waals surface area contributed by atoms with E-state index in [1.54, 1.807) is 19.0 Å². The van der Waals surface area contributed by atoms with Crippen molar-refractivity contribution in [3.05, 3.63) is 26.9 Å². The SMILES string of the molecule is Cc1cc2c(nc(N3CC(N(C)C)C3)c3nc(CCC(=O)N(C)C)n(C4C5CC4N(C(=O)OC(C)(C)C)C5)c32)c(Br)c1Cl. The van der Waals surface area contributed by atoms with Crippen molar-refractivity contribution in [2.75, 3.05) is 52.7 Å². The first-order valence-corrected chi connectivity index (χ1v) is 16.1. The van der Waals surface area contributed by atoms with Crippen LogP contribution in [0.4, 0.5) is 10.6 Å². The number of carbonyl (C=O) groups is 2. The van der Waals surface area contributed by atoms with Gasteiger partial charge in [-0.15, -0.1) is 0 Å². The Bertz CT molecular complexity index is 1630. The lowest BCUT2D eigenvalue weighted by Gasteiger charge is -2.43. The highest BCUT2D eigenvalue weighted by atomic mass is 79.9. The Kier molecular flexibility index (Phi) is 7.61. The monoisotopic (exact) mass is 673 g/mol. The molecule has 12 heteroatoms. The van der Waals surface area contributed by atoms with Gasteiger partial charge in [0.1, 0.15) is 16.9 Å². The van der Waals surface area contributed by atoms with Crippen LogP contribution in [0.15, 0.2) is 10.5 Å². The number of hydrogen-bond donors (Lipinski definition) is 0. The third-order valence-electron chi connectivity index (χ3n) is 9.16. The lowest BCUT2D eigenvalue weighted by atomic mass is 9.79. The molecule has 3 aliphatic heterocycles.